The fraction of sp³-hybridized carbons (Fsp3) is 0.667. The van der Waals surface area contributed by atoms with Crippen molar-refractivity contribution in [2.45, 2.75) is 129 Å². The van der Waals surface area contributed by atoms with Crippen molar-refractivity contribution < 1.29 is 0 Å². The average Bonchev–Trinajstić information content (AvgIpc) is 2.95. The van der Waals surface area contributed by atoms with E-state index in [0.29, 0.717) is 5.41 Å². The van der Waals surface area contributed by atoms with Crippen molar-refractivity contribution in [3.63, 3.8) is 0 Å². The molecule has 3 aliphatic rings. The smallest absolute Gasteiger partial charge is 0.0157 e. The summed E-state index contributed by atoms with van der Waals surface area (Å²) in [6.45, 7) is 4.66. The van der Waals surface area contributed by atoms with Gasteiger partial charge >= 0.3 is 0 Å². The van der Waals surface area contributed by atoms with Gasteiger partial charge in [-0.1, -0.05) is 151 Å². The number of allylic oxidation sites excluding steroid dienone is 6. The summed E-state index contributed by atoms with van der Waals surface area (Å²) in [6, 6.07) is 11.0. The van der Waals surface area contributed by atoms with Gasteiger partial charge in [0.05, 0.1) is 0 Å². The van der Waals surface area contributed by atoms with Crippen molar-refractivity contribution in [1.29, 1.82) is 0 Å². The van der Waals surface area contributed by atoms with Crippen LogP contribution in [0.1, 0.15) is 135 Å². The second-order valence-electron chi connectivity index (χ2n) is 12.4. The van der Waals surface area contributed by atoms with Gasteiger partial charge < -0.3 is 0 Å². The number of rotatable bonds is 13. The molecule has 2 unspecified atom stereocenters. The Hall–Kier alpha value is -1.56. The molecule has 0 aromatic heterocycles. The van der Waals surface area contributed by atoms with E-state index in [1.54, 1.807) is 5.57 Å². The van der Waals surface area contributed by atoms with Crippen molar-refractivity contribution in [3.05, 3.63) is 65.8 Å². The van der Waals surface area contributed by atoms with Crippen LogP contribution in [0.2, 0.25) is 0 Å². The van der Waals surface area contributed by atoms with Gasteiger partial charge in [-0.3, -0.25) is 0 Å². The van der Waals surface area contributed by atoms with E-state index in [2.05, 4.69) is 68.5 Å². The van der Waals surface area contributed by atoms with Gasteiger partial charge in [-0.25, -0.2) is 0 Å². The van der Waals surface area contributed by atoms with E-state index in [-0.39, 0.29) is 0 Å². The van der Waals surface area contributed by atoms with Crippen LogP contribution in [0, 0.1) is 23.2 Å². The molecule has 0 nitrogen and oxygen atoms in total. The van der Waals surface area contributed by atoms with E-state index in [4.69, 9.17) is 0 Å². The summed E-state index contributed by atoms with van der Waals surface area (Å²) >= 11 is 0. The zero-order valence-corrected chi connectivity index (χ0v) is 23.7. The molecule has 3 aliphatic carbocycles. The maximum atomic E-state index is 2.74. The van der Waals surface area contributed by atoms with Crippen LogP contribution < -0.4 is 0 Å². The van der Waals surface area contributed by atoms with Gasteiger partial charge in [-0.2, -0.15) is 0 Å². The number of hydrogen-bond acceptors (Lipinski definition) is 0. The van der Waals surface area contributed by atoms with E-state index in [9.17, 15) is 0 Å². The van der Waals surface area contributed by atoms with E-state index in [0.717, 1.165) is 17.8 Å². The summed E-state index contributed by atoms with van der Waals surface area (Å²) in [5.74, 6) is 2.76. The normalized spacial score (nSPS) is 28.6. The minimum atomic E-state index is 0.291. The van der Waals surface area contributed by atoms with Crippen LogP contribution in [0.15, 0.2) is 60.2 Å². The Balaban J connectivity index is 1.41. The monoisotopic (exact) mass is 486 g/mol. The Morgan fingerprint density at radius 1 is 0.722 bits per heavy atom. The zero-order chi connectivity index (χ0) is 25.1. The fourth-order valence-corrected chi connectivity index (χ4v) is 7.55. The van der Waals surface area contributed by atoms with Gasteiger partial charge in [0, 0.05) is 5.41 Å². The van der Waals surface area contributed by atoms with E-state index < -0.39 is 0 Å². The largest absolute Gasteiger partial charge is 0.0842 e. The molecule has 1 aromatic rings. The van der Waals surface area contributed by atoms with Crippen molar-refractivity contribution in [2.24, 2.45) is 23.2 Å². The second-order valence-corrected chi connectivity index (χ2v) is 12.4. The Kier molecular flexibility index (Phi) is 11.0. The summed E-state index contributed by atoms with van der Waals surface area (Å²) < 4.78 is 0. The van der Waals surface area contributed by atoms with Gasteiger partial charge in [0.2, 0.25) is 0 Å². The minimum Gasteiger partial charge on any atom is -0.0842 e. The first-order chi connectivity index (χ1) is 17.7. The predicted molar refractivity (Wildman–Crippen MR) is 159 cm³/mol. The molecule has 0 bridgehead atoms. The van der Waals surface area contributed by atoms with Crippen LogP contribution >= 0.6 is 0 Å². The third kappa shape index (κ3) is 7.26. The number of unbranched alkanes of at least 4 members (excludes halogenated alkanes) is 6. The minimum absolute atomic E-state index is 0.291. The third-order valence-corrected chi connectivity index (χ3v) is 9.95. The first kappa shape index (κ1) is 27.5. The molecule has 1 fully saturated rings. The molecular weight excluding hydrogens is 432 g/mol. The molecule has 0 radical (unpaired) electrons. The molecular formula is C36H54. The van der Waals surface area contributed by atoms with E-state index in [1.165, 1.54) is 127 Å². The first-order valence-corrected chi connectivity index (χ1v) is 15.9. The molecule has 0 heteroatoms. The highest BCUT2D eigenvalue weighted by Gasteiger charge is 2.42. The topological polar surface area (TPSA) is 0 Å². The zero-order valence-electron chi connectivity index (χ0n) is 23.7. The lowest BCUT2D eigenvalue weighted by atomic mass is 9.58. The fourth-order valence-electron chi connectivity index (χ4n) is 7.55. The average molecular weight is 487 g/mol. The lowest BCUT2D eigenvalue weighted by Crippen LogP contribution is -2.35. The number of hydrogen-bond donors (Lipinski definition) is 0. The van der Waals surface area contributed by atoms with Crippen LogP contribution in [0.25, 0.3) is 5.57 Å². The molecule has 198 valence electrons. The predicted octanol–water partition coefficient (Wildman–Crippen LogP) is 11.5. The Bertz CT molecular complexity index is 847. The summed E-state index contributed by atoms with van der Waals surface area (Å²) in [6.07, 6.45) is 35.9. The SMILES string of the molecule is CCCCCCCCC1CC=C(C2(C3CCC(CCCC)CC3)C=CC(c3ccccc3)=CC2)CC1. The summed E-state index contributed by atoms with van der Waals surface area (Å²) in [5.41, 5.74) is 4.90. The van der Waals surface area contributed by atoms with Crippen LogP contribution in [0.3, 0.4) is 0 Å². The maximum absolute atomic E-state index is 2.74. The van der Waals surface area contributed by atoms with Crippen molar-refractivity contribution in [1.82, 2.24) is 0 Å². The second kappa shape index (κ2) is 14.4. The molecule has 36 heavy (non-hydrogen) atoms. The molecule has 0 amide bonds. The van der Waals surface area contributed by atoms with E-state index >= 15 is 0 Å². The lowest BCUT2D eigenvalue weighted by molar-refractivity contribution is 0.160. The van der Waals surface area contributed by atoms with Crippen LogP contribution in [0.4, 0.5) is 0 Å². The van der Waals surface area contributed by atoms with Crippen LogP contribution in [-0.2, 0) is 0 Å². The third-order valence-electron chi connectivity index (χ3n) is 9.95. The molecule has 0 aliphatic heterocycles. The van der Waals surface area contributed by atoms with Crippen molar-refractivity contribution in [2.75, 3.05) is 0 Å². The molecule has 2 atom stereocenters. The van der Waals surface area contributed by atoms with E-state index in [1.807, 2.05) is 0 Å². The molecule has 0 saturated heterocycles. The van der Waals surface area contributed by atoms with Crippen LogP contribution in [-0.4, -0.2) is 0 Å². The van der Waals surface area contributed by atoms with Crippen molar-refractivity contribution >= 4 is 5.57 Å². The maximum Gasteiger partial charge on any atom is 0.0157 e. The van der Waals surface area contributed by atoms with Gasteiger partial charge in [-0.15, -0.1) is 0 Å². The van der Waals surface area contributed by atoms with Gasteiger partial charge in [-0.05, 0) is 67.4 Å². The number of benzene rings is 1. The molecule has 1 aromatic carbocycles. The van der Waals surface area contributed by atoms with Gasteiger partial charge in [0.1, 0.15) is 0 Å². The van der Waals surface area contributed by atoms with Gasteiger partial charge in [0.15, 0.2) is 0 Å². The Morgan fingerprint density at radius 3 is 2.11 bits per heavy atom. The summed E-state index contributed by atoms with van der Waals surface area (Å²) in [4.78, 5) is 0. The summed E-state index contributed by atoms with van der Waals surface area (Å²) in [7, 11) is 0. The molecule has 1 saturated carbocycles. The first-order valence-electron chi connectivity index (χ1n) is 15.9. The quantitative estimate of drug-likeness (QED) is 0.192. The standard InChI is InChI=1S/C36H54/c1-3-5-7-8-9-11-15-31-20-24-35(25-21-31)36(34-22-18-30(19-23-34)14-6-4-2)28-26-33(27-29-36)32-16-12-10-13-17-32/h10,12-13,16-17,24,26-28,30-31,34H,3-9,11,14-15,18-23,25,29H2,1-2H3. The lowest BCUT2D eigenvalue weighted by Gasteiger charge is -2.46. The van der Waals surface area contributed by atoms with Crippen LogP contribution in [0.5, 0.6) is 0 Å². The van der Waals surface area contributed by atoms with Crippen molar-refractivity contribution in [3.8, 4) is 0 Å². The highest BCUT2D eigenvalue weighted by atomic mass is 14.5. The molecule has 0 heterocycles. The summed E-state index contributed by atoms with van der Waals surface area (Å²) in [5, 5.41) is 0. The molecule has 4 rings (SSSR count). The Morgan fingerprint density at radius 2 is 1.44 bits per heavy atom. The molecule has 0 N–H and O–H groups in total. The Labute approximate surface area is 223 Å². The highest BCUT2D eigenvalue weighted by molar-refractivity contribution is 5.75. The highest BCUT2D eigenvalue weighted by Crippen LogP contribution is 2.54. The van der Waals surface area contributed by atoms with Gasteiger partial charge in [0.25, 0.3) is 0 Å². The molecule has 0 spiro atoms.